The largest absolute Gasteiger partial charge is 0.323 e. The molecule has 1 unspecified atom stereocenters. The molecule has 1 heterocycles. The number of hydrogen-bond acceptors (Lipinski definition) is 3. The van der Waals surface area contributed by atoms with Gasteiger partial charge in [0.15, 0.2) is 0 Å². The Bertz CT molecular complexity index is 411. The highest BCUT2D eigenvalue weighted by atomic mass is 16.2. The van der Waals surface area contributed by atoms with Crippen molar-refractivity contribution in [3.63, 3.8) is 0 Å². The first kappa shape index (κ1) is 11.5. The van der Waals surface area contributed by atoms with Crippen molar-refractivity contribution in [2.24, 2.45) is 7.05 Å². The molecular formula is C10H15N3O2. The molecule has 1 atom stereocenters. The molecule has 0 saturated carbocycles. The van der Waals surface area contributed by atoms with Crippen LogP contribution in [0.25, 0.3) is 0 Å². The maximum Gasteiger partial charge on any atom is 0.250 e. The number of nitrogens with zero attached hydrogens (tertiary/aromatic N) is 1. The zero-order valence-electron chi connectivity index (χ0n) is 9.07. The molecule has 0 bridgehead atoms. The summed E-state index contributed by atoms with van der Waals surface area (Å²) >= 11 is 0. The molecule has 0 aliphatic heterocycles. The Morgan fingerprint density at radius 1 is 1.47 bits per heavy atom. The van der Waals surface area contributed by atoms with Crippen LogP contribution in [0.5, 0.6) is 0 Å². The number of aromatic nitrogens is 1. The molecule has 2 N–H and O–H groups in total. The fourth-order valence-corrected chi connectivity index (χ4v) is 1.05. The maximum absolute atomic E-state index is 11.5. The molecule has 1 aromatic heterocycles. The van der Waals surface area contributed by atoms with Crippen LogP contribution in [-0.2, 0) is 11.8 Å². The van der Waals surface area contributed by atoms with Gasteiger partial charge in [0.1, 0.15) is 0 Å². The van der Waals surface area contributed by atoms with Crippen molar-refractivity contribution in [1.29, 1.82) is 0 Å². The Morgan fingerprint density at radius 2 is 2.13 bits per heavy atom. The highest BCUT2D eigenvalue weighted by Crippen LogP contribution is 2.02. The van der Waals surface area contributed by atoms with Crippen LogP contribution in [0.3, 0.4) is 0 Å². The highest BCUT2D eigenvalue weighted by Gasteiger charge is 2.09. The number of carbonyl (C=O) groups excluding carboxylic acids is 1. The Hall–Kier alpha value is -1.62. The fourth-order valence-electron chi connectivity index (χ4n) is 1.05. The maximum atomic E-state index is 11.5. The number of anilines is 1. The Morgan fingerprint density at radius 3 is 2.67 bits per heavy atom. The highest BCUT2D eigenvalue weighted by molar-refractivity contribution is 5.94. The summed E-state index contributed by atoms with van der Waals surface area (Å²) in [5.41, 5.74) is 0.513. The zero-order chi connectivity index (χ0) is 11.4. The first-order valence-corrected chi connectivity index (χ1v) is 4.69. The average molecular weight is 209 g/mol. The summed E-state index contributed by atoms with van der Waals surface area (Å²) in [5, 5.41) is 5.53. The molecule has 0 spiro atoms. The van der Waals surface area contributed by atoms with Gasteiger partial charge >= 0.3 is 0 Å². The number of nitrogens with one attached hydrogen (secondary N) is 2. The third-order valence-electron chi connectivity index (χ3n) is 2.18. The van der Waals surface area contributed by atoms with Crippen LogP contribution in [0.4, 0.5) is 5.69 Å². The van der Waals surface area contributed by atoms with Crippen molar-refractivity contribution in [2.75, 3.05) is 12.4 Å². The van der Waals surface area contributed by atoms with Crippen LogP contribution in [0.2, 0.25) is 0 Å². The van der Waals surface area contributed by atoms with E-state index in [2.05, 4.69) is 10.6 Å². The molecule has 0 fully saturated rings. The summed E-state index contributed by atoms with van der Waals surface area (Å²) < 4.78 is 1.42. The van der Waals surface area contributed by atoms with E-state index < -0.39 is 0 Å². The van der Waals surface area contributed by atoms with E-state index in [-0.39, 0.29) is 17.5 Å². The fraction of sp³-hybridized carbons (Fsp3) is 0.400. The van der Waals surface area contributed by atoms with Crippen molar-refractivity contribution in [2.45, 2.75) is 13.0 Å². The molecule has 82 valence electrons. The van der Waals surface area contributed by atoms with Crippen LogP contribution in [0.1, 0.15) is 6.92 Å². The predicted octanol–water partition coefficient (Wildman–Crippen LogP) is -0.0683. The van der Waals surface area contributed by atoms with E-state index in [1.54, 1.807) is 33.3 Å². The van der Waals surface area contributed by atoms with E-state index in [0.717, 1.165) is 0 Å². The second kappa shape index (κ2) is 4.75. The van der Waals surface area contributed by atoms with Crippen LogP contribution in [0.15, 0.2) is 23.1 Å². The Balaban J connectivity index is 2.77. The molecule has 0 saturated heterocycles. The minimum atomic E-state index is -0.262. The molecule has 1 rings (SSSR count). The molecule has 5 nitrogen and oxygen atoms in total. The Kier molecular flexibility index (Phi) is 3.62. The van der Waals surface area contributed by atoms with Crippen LogP contribution in [-0.4, -0.2) is 23.6 Å². The third kappa shape index (κ3) is 2.92. The number of amides is 1. The van der Waals surface area contributed by atoms with Crippen LogP contribution in [0, 0.1) is 0 Å². The van der Waals surface area contributed by atoms with Crippen molar-refractivity contribution < 1.29 is 4.79 Å². The molecule has 0 aromatic carbocycles. The quantitative estimate of drug-likeness (QED) is 0.732. The van der Waals surface area contributed by atoms with Gasteiger partial charge in [-0.15, -0.1) is 0 Å². The zero-order valence-corrected chi connectivity index (χ0v) is 9.07. The van der Waals surface area contributed by atoms with Gasteiger partial charge in [0, 0.05) is 19.3 Å². The molecule has 15 heavy (non-hydrogen) atoms. The lowest BCUT2D eigenvalue weighted by atomic mass is 10.3. The van der Waals surface area contributed by atoms with Gasteiger partial charge in [0.25, 0.3) is 0 Å². The van der Waals surface area contributed by atoms with Gasteiger partial charge in [-0.1, -0.05) is 0 Å². The van der Waals surface area contributed by atoms with Crippen molar-refractivity contribution in [1.82, 2.24) is 9.88 Å². The molecule has 0 aliphatic carbocycles. The van der Waals surface area contributed by atoms with E-state index in [1.807, 2.05) is 0 Å². The monoisotopic (exact) mass is 209 g/mol. The smallest absolute Gasteiger partial charge is 0.250 e. The van der Waals surface area contributed by atoms with Gasteiger partial charge in [0.2, 0.25) is 11.5 Å². The second-order valence-corrected chi connectivity index (χ2v) is 3.37. The summed E-state index contributed by atoms with van der Waals surface area (Å²) in [6.45, 7) is 1.76. The molecule has 1 amide bonds. The van der Waals surface area contributed by atoms with Gasteiger partial charge in [-0.2, -0.15) is 0 Å². The lowest BCUT2D eigenvalue weighted by molar-refractivity contribution is -0.117. The molecular weight excluding hydrogens is 194 g/mol. The minimum Gasteiger partial charge on any atom is -0.323 e. The SMILES string of the molecule is CNC(C)C(=O)Nc1ccc(=O)n(C)c1. The van der Waals surface area contributed by atoms with Crippen LogP contribution >= 0.6 is 0 Å². The first-order chi connectivity index (χ1) is 7.04. The molecule has 5 heteroatoms. The topological polar surface area (TPSA) is 63.1 Å². The number of rotatable bonds is 3. The summed E-state index contributed by atoms with van der Waals surface area (Å²) in [6, 6.07) is 2.74. The summed E-state index contributed by atoms with van der Waals surface area (Å²) in [4.78, 5) is 22.6. The first-order valence-electron chi connectivity index (χ1n) is 4.69. The standard InChI is InChI=1S/C10H15N3O2/c1-7(11-2)10(15)12-8-4-5-9(14)13(3)6-8/h4-7,11H,1-3H3,(H,12,15). The van der Waals surface area contributed by atoms with Gasteiger partial charge in [-0.3, -0.25) is 9.59 Å². The second-order valence-electron chi connectivity index (χ2n) is 3.37. The summed E-state index contributed by atoms with van der Waals surface area (Å²) in [6.07, 6.45) is 1.59. The van der Waals surface area contributed by atoms with E-state index in [4.69, 9.17) is 0 Å². The van der Waals surface area contributed by atoms with Gasteiger partial charge < -0.3 is 15.2 Å². The van der Waals surface area contributed by atoms with E-state index >= 15 is 0 Å². The van der Waals surface area contributed by atoms with Crippen LogP contribution < -0.4 is 16.2 Å². The Labute approximate surface area is 88.1 Å². The lowest BCUT2D eigenvalue weighted by Crippen LogP contribution is -2.35. The van der Waals surface area contributed by atoms with Gasteiger partial charge in [-0.05, 0) is 20.0 Å². The number of pyridine rings is 1. The number of hydrogen-bond donors (Lipinski definition) is 2. The summed E-state index contributed by atoms with van der Waals surface area (Å²) in [7, 11) is 3.35. The van der Waals surface area contributed by atoms with Gasteiger partial charge in [0.05, 0.1) is 11.7 Å². The third-order valence-corrected chi connectivity index (χ3v) is 2.18. The van der Waals surface area contributed by atoms with E-state index in [1.165, 1.54) is 10.6 Å². The van der Waals surface area contributed by atoms with E-state index in [0.29, 0.717) is 5.69 Å². The number of likely N-dealkylation sites (N-methyl/N-ethyl adjacent to an activating group) is 1. The van der Waals surface area contributed by atoms with Gasteiger partial charge in [-0.25, -0.2) is 0 Å². The minimum absolute atomic E-state index is 0.102. The lowest BCUT2D eigenvalue weighted by Gasteiger charge is -2.11. The van der Waals surface area contributed by atoms with Crippen molar-refractivity contribution >= 4 is 11.6 Å². The molecule has 0 radical (unpaired) electrons. The normalized spacial score (nSPS) is 12.2. The number of carbonyl (C=O) groups is 1. The number of aryl methyl sites for hydroxylation is 1. The van der Waals surface area contributed by atoms with Crippen molar-refractivity contribution in [3.05, 3.63) is 28.7 Å². The van der Waals surface area contributed by atoms with E-state index in [9.17, 15) is 9.59 Å². The predicted molar refractivity (Wildman–Crippen MR) is 58.8 cm³/mol. The van der Waals surface area contributed by atoms with Crippen molar-refractivity contribution in [3.8, 4) is 0 Å². The average Bonchev–Trinajstić information content (AvgIpc) is 2.22. The molecule has 0 aliphatic rings. The molecule has 1 aromatic rings. The summed E-state index contributed by atoms with van der Waals surface area (Å²) in [5.74, 6) is -0.129.